The molecule has 2 amide bonds. The number of carbonyl (C=O) groups excluding carboxylic acids is 2. The van der Waals surface area contributed by atoms with E-state index < -0.39 is 5.54 Å². The molecule has 0 atom stereocenters. The fourth-order valence-corrected chi connectivity index (χ4v) is 2.46. The second-order valence-electron chi connectivity index (χ2n) is 5.46. The Hall–Kier alpha value is -1.88. The summed E-state index contributed by atoms with van der Waals surface area (Å²) in [6, 6.07) is 5.65. The van der Waals surface area contributed by atoms with E-state index in [1.807, 2.05) is 18.2 Å². The number of nitrogens with two attached hydrogens (primary N) is 1. The molecule has 19 heavy (non-hydrogen) atoms. The second kappa shape index (κ2) is 3.81. The number of anilines is 2. The van der Waals surface area contributed by atoms with Gasteiger partial charge in [-0.2, -0.15) is 0 Å². The number of rotatable bonds is 2. The Kier molecular flexibility index (Phi) is 2.44. The Bertz CT molecular complexity index is 578. The third kappa shape index (κ3) is 1.81. The molecule has 100 valence electrons. The van der Waals surface area contributed by atoms with Crippen LogP contribution in [0.25, 0.3) is 0 Å². The van der Waals surface area contributed by atoms with Crippen molar-refractivity contribution < 1.29 is 9.59 Å². The largest absolute Gasteiger partial charge is 0.317 e. The highest BCUT2D eigenvalue weighted by Gasteiger charge is 2.47. The molecule has 1 aliphatic carbocycles. The average Bonchev–Trinajstić information content (AvgIpc) is 3.08. The summed E-state index contributed by atoms with van der Waals surface area (Å²) in [5.74, 6) is 0.0312. The molecule has 0 spiro atoms. The van der Waals surface area contributed by atoms with Gasteiger partial charge in [-0.15, -0.1) is 0 Å². The van der Waals surface area contributed by atoms with E-state index in [1.165, 1.54) is 0 Å². The third-order valence-corrected chi connectivity index (χ3v) is 4.05. The van der Waals surface area contributed by atoms with Crippen molar-refractivity contribution in [3.63, 3.8) is 0 Å². The Balaban J connectivity index is 1.89. The van der Waals surface area contributed by atoms with E-state index >= 15 is 0 Å². The van der Waals surface area contributed by atoms with E-state index in [9.17, 15) is 9.59 Å². The highest BCUT2D eigenvalue weighted by Crippen LogP contribution is 2.36. The van der Waals surface area contributed by atoms with Gasteiger partial charge in [-0.05, 0) is 36.6 Å². The molecule has 5 heteroatoms. The first kappa shape index (κ1) is 12.2. The summed E-state index contributed by atoms with van der Waals surface area (Å²) in [4.78, 5) is 27.1. The normalized spacial score (nSPS) is 19.3. The quantitative estimate of drug-likeness (QED) is 0.848. The van der Waals surface area contributed by atoms with Gasteiger partial charge in [-0.1, -0.05) is 0 Å². The number of nitrogens with zero attached hydrogens (tertiary/aromatic N) is 2. The van der Waals surface area contributed by atoms with Crippen LogP contribution in [0.3, 0.4) is 0 Å². The van der Waals surface area contributed by atoms with E-state index in [4.69, 9.17) is 5.73 Å². The van der Waals surface area contributed by atoms with Gasteiger partial charge in [0.05, 0.1) is 12.0 Å². The maximum Gasteiger partial charge on any atom is 0.246 e. The number of likely N-dealkylation sites (N-methyl/N-ethyl adjacent to an activating group) is 2. The number of hydrogen-bond acceptors (Lipinski definition) is 3. The average molecular weight is 259 g/mol. The van der Waals surface area contributed by atoms with Crippen LogP contribution in [0.15, 0.2) is 18.2 Å². The van der Waals surface area contributed by atoms with Crippen LogP contribution in [-0.4, -0.2) is 31.4 Å². The first-order valence-electron chi connectivity index (χ1n) is 6.39. The maximum atomic E-state index is 12.2. The molecule has 5 nitrogen and oxygen atoms in total. The summed E-state index contributed by atoms with van der Waals surface area (Å²) in [5.41, 5.74) is 7.94. The molecule has 1 aliphatic heterocycles. The van der Waals surface area contributed by atoms with Crippen molar-refractivity contribution >= 4 is 23.2 Å². The van der Waals surface area contributed by atoms with Gasteiger partial charge in [-0.3, -0.25) is 9.59 Å². The van der Waals surface area contributed by atoms with Crippen molar-refractivity contribution in [2.75, 3.05) is 23.9 Å². The Labute approximate surface area is 112 Å². The number of fused-ring (bicyclic) bond motifs is 1. The van der Waals surface area contributed by atoms with Gasteiger partial charge in [0.2, 0.25) is 11.8 Å². The molecule has 0 radical (unpaired) electrons. The molecular formula is C14H17N3O2. The number of amides is 2. The van der Waals surface area contributed by atoms with Crippen molar-refractivity contribution in [3.05, 3.63) is 23.8 Å². The van der Waals surface area contributed by atoms with Gasteiger partial charge in [0.1, 0.15) is 0 Å². The monoisotopic (exact) mass is 259 g/mol. The fraction of sp³-hybridized carbons (Fsp3) is 0.429. The van der Waals surface area contributed by atoms with Crippen LogP contribution in [0.5, 0.6) is 0 Å². The molecule has 1 saturated carbocycles. The minimum atomic E-state index is -0.666. The molecule has 1 heterocycles. The molecule has 2 N–H and O–H groups in total. The number of hydrogen-bond donors (Lipinski definition) is 1. The van der Waals surface area contributed by atoms with Crippen LogP contribution >= 0.6 is 0 Å². The zero-order chi connectivity index (χ0) is 13.8. The van der Waals surface area contributed by atoms with E-state index in [1.54, 1.807) is 23.9 Å². The predicted molar refractivity (Wildman–Crippen MR) is 73.1 cm³/mol. The molecule has 0 unspecified atom stereocenters. The molecule has 0 bridgehead atoms. The lowest BCUT2D eigenvalue weighted by Crippen LogP contribution is -2.43. The van der Waals surface area contributed by atoms with Gasteiger partial charge in [0.25, 0.3) is 0 Å². The van der Waals surface area contributed by atoms with Crippen molar-refractivity contribution in [2.24, 2.45) is 5.73 Å². The Morgan fingerprint density at radius 1 is 1.42 bits per heavy atom. The summed E-state index contributed by atoms with van der Waals surface area (Å²) in [6.07, 6.45) is 1.90. The zero-order valence-corrected chi connectivity index (χ0v) is 11.1. The van der Waals surface area contributed by atoms with Crippen molar-refractivity contribution in [2.45, 2.75) is 24.8 Å². The predicted octanol–water partition coefficient (Wildman–Crippen LogP) is 0.660. The summed E-state index contributed by atoms with van der Waals surface area (Å²) in [5, 5.41) is 0. The fourth-order valence-electron chi connectivity index (χ4n) is 2.46. The van der Waals surface area contributed by atoms with Crippen LogP contribution in [0, 0.1) is 0 Å². The lowest BCUT2D eigenvalue weighted by Gasteiger charge is -2.22. The summed E-state index contributed by atoms with van der Waals surface area (Å²) in [7, 11) is 3.50. The minimum Gasteiger partial charge on any atom is -0.317 e. The third-order valence-electron chi connectivity index (χ3n) is 4.05. The smallest absolute Gasteiger partial charge is 0.246 e. The van der Waals surface area contributed by atoms with Crippen molar-refractivity contribution in [1.29, 1.82) is 0 Å². The van der Waals surface area contributed by atoms with E-state index in [-0.39, 0.29) is 11.8 Å². The molecule has 2 aliphatic rings. The molecular weight excluding hydrogens is 242 g/mol. The van der Waals surface area contributed by atoms with Gasteiger partial charge in [-0.25, -0.2) is 0 Å². The summed E-state index contributed by atoms with van der Waals surface area (Å²) < 4.78 is 0. The maximum absolute atomic E-state index is 12.2. The van der Waals surface area contributed by atoms with Crippen LogP contribution in [-0.2, 0) is 16.0 Å². The molecule has 1 fully saturated rings. The first-order chi connectivity index (χ1) is 8.92. The topological polar surface area (TPSA) is 66.6 Å². The van der Waals surface area contributed by atoms with Gasteiger partial charge >= 0.3 is 0 Å². The number of carbonyl (C=O) groups is 2. The molecule has 1 aromatic rings. The lowest BCUT2D eigenvalue weighted by molar-refractivity contribution is -0.120. The Morgan fingerprint density at radius 2 is 2.11 bits per heavy atom. The Morgan fingerprint density at radius 3 is 2.74 bits per heavy atom. The molecule has 1 aromatic carbocycles. The SMILES string of the molecule is CN(C(=O)C1(N)CC1)c1ccc2c(c1)CC(=O)N2C. The van der Waals surface area contributed by atoms with E-state index in [2.05, 4.69) is 0 Å². The minimum absolute atomic E-state index is 0.0508. The molecule has 3 rings (SSSR count). The van der Waals surface area contributed by atoms with Gasteiger partial charge in [0.15, 0.2) is 0 Å². The summed E-state index contributed by atoms with van der Waals surface area (Å²) in [6.45, 7) is 0. The highest BCUT2D eigenvalue weighted by molar-refractivity contribution is 6.04. The van der Waals surface area contributed by atoms with Crippen molar-refractivity contribution in [1.82, 2.24) is 0 Å². The molecule has 0 aromatic heterocycles. The van der Waals surface area contributed by atoms with Crippen LogP contribution in [0.4, 0.5) is 11.4 Å². The van der Waals surface area contributed by atoms with Gasteiger partial charge in [0, 0.05) is 25.5 Å². The number of benzene rings is 1. The zero-order valence-electron chi connectivity index (χ0n) is 11.1. The highest BCUT2D eigenvalue weighted by atomic mass is 16.2. The van der Waals surface area contributed by atoms with Crippen LogP contribution in [0.1, 0.15) is 18.4 Å². The standard InChI is InChI=1S/C14H17N3O2/c1-16(13(19)14(15)5-6-14)10-3-4-11-9(7-10)8-12(18)17(11)2/h3-4,7H,5-6,8,15H2,1-2H3. The molecule has 0 saturated heterocycles. The van der Waals surface area contributed by atoms with Crippen molar-refractivity contribution in [3.8, 4) is 0 Å². The van der Waals surface area contributed by atoms with Crippen LogP contribution < -0.4 is 15.5 Å². The van der Waals surface area contributed by atoms with E-state index in [0.717, 1.165) is 29.8 Å². The van der Waals surface area contributed by atoms with Gasteiger partial charge < -0.3 is 15.5 Å². The lowest BCUT2D eigenvalue weighted by atomic mass is 10.1. The van der Waals surface area contributed by atoms with E-state index in [0.29, 0.717) is 6.42 Å². The van der Waals surface area contributed by atoms with Crippen LogP contribution in [0.2, 0.25) is 0 Å². The summed E-state index contributed by atoms with van der Waals surface area (Å²) >= 11 is 0. The first-order valence-corrected chi connectivity index (χ1v) is 6.39. The second-order valence-corrected chi connectivity index (χ2v) is 5.46.